The molecule has 2 rings (SSSR count). The lowest BCUT2D eigenvalue weighted by molar-refractivity contribution is 0.00147. The molecular weight excluding hydrogens is 382 g/mol. The maximum absolute atomic E-state index is 13.0. The van der Waals surface area contributed by atoms with Crippen LogP contribution in [0, 0.1) is 5.92 Å². The topological polar surface area (TPSA) is 55.8 Å². The van der Waals surface area contributed by atoms with E-state index in [-0.39, 0.29) is 22.8 Å². The monoisotopic (exact) mass is 419 g/mol. The van der Waals surface area contributed by atoms with Gasteiger partial charge in [0.25, 0.3) is 0 Å². The van der Waals surface area contributed by atoms with Gasteiger partial charge in [0.15, 0.2) is 14.1 Å². The van der Waals surface area contributed by atoms with Gasteiger partial charge in [-0.15, -0.1) is 0 Å². The Balaban J connectivity index is 1.95. The van der Waals surface area contributed by atoms with E-state index in [2.05, 4.69) is 33.9 Å². The van der Waals surface area contributed by atoms with Crippen LogP contribution in [-0.4, -0.2) is 50.4 Å². The molecule has 0 unspecified atom stereocenters. The van der Waals surface area contributed by atoms with Crippen LogP contribution in [-0.2, 0) is 15.6 Å². The molecule has 1 aliphatic heterocycles. The summed E-state index contributed by atoms with van der Waals surface area (Å²) in [5.41, 5.74) is 1.25. The third kappa shape index (κ3) is 6.16. The number of rotatable bonds is 6. The summed E-state index contributed by atoms with van der Waals surface area (Å²) < 4.78 is 11.7. The molecule has 0 bridgehead atoms. The second-order valence-corrected chi connectivity index (χ2v) is 15.3. The number of benzene rings is 1. The average molecular weight is 420 g/mol. The van der Waals surface area contributed by atoms with E-state index in [0.717, 1.165) is 17.5 Å². The largest absolute Gasteiger partial charge is 0.444 e. The highest BCUT2D eigenvalue weighted by Crippen LogP contribution is 2.36. The molecule has 1 fully saturated rings. The van der Waals surface area contributed by atoms with Gasteiger partial charge in [-0.25, -0.2) is 4.79 Å². The van der Waals surface area contributed by atoms with Crippen molar-refractivity contribution in [1.82, 2.24) is 4.90 Å². The van der Waals surface area contributed by atoms with Gasteiger partial charge in [-0.1, -0.05) is 45.0 Å². The molecule has 1 heterocycles. The van der Waals surface area contributed by atoms with Gasteiger partial charge in [-0.2, -0.15) is 0 Å². The minimum Gasteiger partial charge on any atom is -0.444 e. The van der Waals surface area contributed by atoms with Gasteiger partial charge in [-0.3, -0.25) is 4.79 Å². The highest BCUT2D eigenvalue weighted by Gasteiger charge is 2.39. The van der Waals surface area contributed by atoms with Crippen molar-refractivity contribution in [3.63, 3.8) is 0 Å². The standard InChI is InChI=1S/C23H37NO4Si/c1-22(2,3)28-21(26)24-15-18(16-24)20(25)19-12-10-9-11-17(19)13-14-27-29(7,8)23(4,5)6/h9-12,18H,13-16H2,1-8H3. The molecule has 162 valence electrons. The van der Waals surface area contributed by atoms with Crippen molar-refractivity contribution in [2.45, 2.75) is 71.7 Å². The number of amides is 1. The van der Waals surface area contributed by atoms with E-state index in [1.165, 1.54) is 0 Å². The summed E-state index contributed by atoms with van der Waals surface area (Å²) in [6.45, 7) is 18.1. The van der Waals surface area contributed by atoms with Crippen molar-refractivity contribution in [3.8, 4) is 0 Å². The summed E-state index contributed by atoms with van der Waals surface area (Å²) in [7, 11) is -1.81. The number of ketones is 1. The number of likely N-dealkylation sites (tertiary alicyclic amines) is 1. The lowest BCUT2D eigenvalue weighted by Gasteiger charge is -2.39. The van der Waals surface area contributed by atoms with Crippen LogP contribution in [0.3, 0.4) is 0 Å². The number of carbonyl (C=O) groups is 2. The predicted molar refractivity (Wildman–Crippen MR) is 119 cm³/mol. The summed E-state index contributed by atoms with van der Waals surface area (Å²) in [5.74, 6) is -0.0577. The van der Waals surface area contributed by atoms with Crippen LogP contribution in [0.25, 0.3) is 0 Å². The quantitative estimate of drug-likeness (QED) is 0.464. The molecule has 0 N–H and O–H groups in total. The molecule has 5 nitrogen and oxygen atoms in total. The lowest BCUT2D eigenvalue weighted by atomic mass is 9.88. The number of Topliss-reactive ketones (excluding diaryl/α,β-unsaturated/α-hetero) is 1. The molecule has 1 amide bonds. The van der Waals surface area contributed by atoms with Crippen molar-refractivity contribution >= 4 is 20.2 Å². The fourth-order valence-corrected chi connectivity index (χ4v) is 4.00. The number of nitrogens with zero attached hydrogens (tertiary/aromatic N) is 1. The fraction of sp³-hybridized carbons (Fsp3) is 0.652. The van der Waals surface area contributed by atoms with E-state index in [0.29, 0.717) is 19.7 Å². The lowest BCUT2D eigenvalue weighted by Crippen LogP contribution is -2.54. The SMILES string of the molecule is CC(C)(C)OC(=O)N1CC(C(=O)c2ccccc2CCO[Si](C)(C)C(C)(C)C)C1. The molecular formula is C23H37NO4Si. The Hall–Kier alpha value is -1.66. The Bertz CT molecular complexity index is 740. The van der Waals surface area contributed by atoms with Crippen LogP contribution in [0.2, 0.25) is 18.1 Å². The zero-order chi connectivity index (χ0) is 22.0. The van der Waals surface area contributed by atoms with Crippen LogP contribution in [0.5, 0.6) is 0 Å². The maximum Gasteiger partial charge on any atom is 0.410 e. The Morgan fingerprint density at radius 1 is 1.07 bits per heavy atom. The van der Waals surface area contributed by atoms with E-state index >= 15 is 0 Å². The summed E-state index contributed by atoms with van der Waals surface area (Å²) in [5, 5.41) is 0.166. The average Bonchev–Trinajstić information content (AvgIpc) is 2.50. The van der Waals surface area contributed by atoms with Crippen LogP contribution >= 0.6 is 0 Å². The number of carbonyl (C=O) groups excluding carboxylic acids is 2. The smallest absolute Gasteiger partial charge is 0.410 e. The van der Waals surface area contributed by atoms with Gasteiger partial charge in [0.1, 0.15) is 5.60 Å². The first kappa shape index (κ1) is 23.6. The fourth-order valence-electron chi connectivity index (χ4n) is 2.95. The van der Waals surface area contributed by atoms with Gasteiger partial charge in [0, 0.05) is 25.3 Å². The Morgan fingerprint density at radius 3 is 2.21 bits per heavy atom. The zero-order valence-electron chi connectivity index (χ0n) is 19.3. The van der Waals surface area contributed by atoms with Crippen LogP contribution in [0.15, 0.2) is 24.3 Å². The molecule has 6 heteroatoms. The Morgan fingerprint density at radius 2 is 1.66 bits per heavy atom. The molecule has 0 aliphatic carbocycles. The minimum atomic E-state index is -1.81. The number of ether oxygens (including phenoxy) is 1. The molecule has 29 heavy (non-hydrogen) atoms. The first-order valence-corrected chi connectivity index (χ1v) is 13.4. The molecule has 0 spiro atoms. The van der Waals surface area contributed by atoms with Crippen molar-refractivity contribution in [1.29, 1.82) is 0 Å². The third-order valence-corrected chi connectivity index (χ3v) is 10.4. The predicted octanol–water partition coefficient (Wildman–Crippen LogP) is 5.30. The first-order chi connectivity index (χ1) is 13.2. The minimum absolute atomic E-state index is 0.104. The molecule has 1 saturated heterocycles. The second kappa shape index (κ2) is 8.60. The normalized spacial score (nSPS) is 15.8. The summed E-state index contributed by atoms with van der Waals surface area (Å²) in [6, 6.07) is 7.76. The van der Waals surface area contributed by atoms with Crippen LogP contribution < -0.4 is 0 Å². The molecule has 1 aliphatic rings. The first-order valence-electron chi connectivity index (χ1n) is 10.5. The zero-order valence-corrected chi connectivity index (χ0v) is 20.3. The highest BCUT2D eigenvalue weighted by atomic mass is 28.4. The second-order valence-electron chi connectivity index (χ2n) is 10.5. The molecule has 0 saturated carbocycles. The van der Waals surface area contributed by atoms with Crippen molar-refractivity contribution < 1.29 is 18.8 Å². The summed E-state index contributed by atoms with van der Waals surface area (Å²) in [6.07, 6.45) is 0.370. The summed E-state index contributed by atoms with van der Waals surface area (Å²) >= 11 is 0. The van der Waals surface area contributed by atoms with Crippen LogP contribution in [0.1, 0.15) is 57.5 Å². The van der Waals surface area contributed by atoms with E-state index in [1.807, 2.05) is 45.0 Å². The Kier molecular flexibility index (Phi) is 7.00. The Labute approximate surface area is 176 Å². The summed E-state index contributed by atoms with van der Waals surface area (Å²) in [4.78, 5) is 26.7. The molecule has 1 aromatic rings. The third-order valence-electron chi connectivity index (χ3n) is 5.83. The number of hydrogen-bond donors (Lipinski definition) is 0. The van der Waals surface area contributed by atoms with Gasteiger partial charge >= 0.3 is 6.09 Å². The van der Waals surface area contributed by atoms with Gasteiger partial charge in [-0.05, 0) is 50.9 Å². The molecule has 0 aromatic heterocycles. The maximum atomic E-state index is 13.0. The van der Waals surface area contributed by atoms with Gasteiger partial charge in [0.05, 0.1) is 5.92 Å². The van der Waals surface area contributed by atoms with E-state index in [9.17, 15) is 9.59 Å². The van der Waals surface area contributed by atoms with Crippen molar-refractivity contribution in [3.05, 3.63) is 35.4 Å². The van der Waals surface area contributed by atoms with E-state index < -0.39 is 13.9 Å². The molecule has 1 aromatic carbocycles. The van der Waals surface area contributed by atoms with Gasteiger partial charge in [0.2, 0.25) is 0 Å². The molecule has 0 radical (unpaired) electrons. The van der Waals surface area contributed by atoms with Crippen molar-refractivity contribution in [2.75, 3.05) is 19.7 Å². The van der Waals surface area contributed by atoms with Crippen molar-refractivity contribution in [2.24, 2.45) is 5.92 Å². The van der Waals surface area contributed by atoms with Crippen LogP contribution in [0.4, 0.5) is 4.79 Å². The highest BCUT2D eigenvalue weighted by molar-refractivity contribution is 6.74. The van der Waals surface area contributed by atoms with Gasteiger partial charge < -0.3 is 14.1 Å². The van der Waals surface area contributed by atoms with E-state index in [4.69, 9.17) is 9.16 Å². The number of hydrogen-bond acceptors (Lipinski definition) is 4. The van der Waals surface area contributed by atoms with E-state index in [1.54, 1.807) is 4.90 Å². The molecule has 0 atom stereocenters.